The molecule has 1 heterocycles. The van der Waals surface area contributed by atoms with Crippen LogP contribution in [0.5, 0.6) is 11.5 Å². The van der Waals surface area contributed by atoms with Crippen LogP contribution in [-0.4, -0.2) is 18.1 Å². The topological polar surface area (TPSA) is 49.8 Å². The molecule has 4 nitrogen and oxygen atoms in total. The maximum Gasteiger partial charge on any atom is 0.298 e. The van der Waals surface area contributed by atoms with Crippen LogP contribution in [0.15, 0.2) is 76.7 Å². The van der Waals surface area contributed by atoms with Crippen LogP contribution in [0, 0.1) is 0 Å². The van der Waals surface area contributed by atoms with Crippen molar-refractivity contribution < 1.29 is 14.6 Å². The summed E-state index contributed by atoms with van der Waals surface area (Å²) >= 11 is 1.77. The van der Waals surface area contributed by atoms with E-state index in [1.807, 2.05) is 12.2 Å². The fraction of sp³-hybridized carbons (Fsp3) is 0.0870. The Bertz CT molecular complexity index is 1100. The third-order valence-corrected chi connectivity index (χ3v) is 5.82. The number of carbonyl (C=O) groups is 1. The minimum absolute atomic E-state index is 0.0616. The summed E-state index contributed by atoms with van der Waals surface area (Å²) in [6.07, 6.45) is 5.96. The maximum absolute atomic E-state index is 10.5. The van der Waals surface area contributed by atoms with Gasteiger partial charge < -0.3 is 14.7 Å². The molecule has 0 bridgehead atoms. The van der Waals surface area contributed by atoms with Crippen molar-refractivity contribution in [2.75, 3.05) is 11.4 Å². The van der Waals surface area contributed by atoms with Gasteiger partial charge in [-0.15, -0.1) is 0 Å². The Morgan fingerprint density at radius 2 is 2.00 bits per heavy atom. The van der Waals surface area contributed by atoms with Gasteiger partial charge in [-0.2, -0.15) is 0 Å². The van der Waals surface area contributed by atoms with Crippen molar-refractivity contribution in [3.63, 3.8) is 0 Å². The molecule has 0 aliphatic carbocycles. The van der Waals surface area contributed by atoms with Crippen LogP contribution < -0.4 is 9.64 Å². The quantitative estimate of drug-likeness (QED) is 0.578. The largest absolute Gasteiger partial charge is 0.504 e. The minimum Gasteiger partial charge on any atom is -0.504 e. The lowest BCUT2D eigenvalue weighted by molar-refractivity contribution is -0.120. The summed E-state index contributed by atoms with van der Waals surface area (Å²) in [7, 11) is 0. The average Bonchev–Trinajstić information content (AvgIpc) is 3.08. The molecule has 28 heavy (non-hydrogen) atoms. The molecule has 0 unspecified atom stereocenters. The molecular formula is C23H19NO3S. The van der Waals surface area contributed by atoms with E-state index in [9.17, 15) is 9.90 Å². The van der Waals surface area contributed by atoms with Gasteiger partial charge in [0.15, 0.2) is 11.5 Å². The first-order valence-electron chi connectivity index (χ1n) is 9.00. The molecule has 140 valence electrons. The van der Waals surface area contributed by atoms with Crippen LogP contribution in [0.1, 0.15) is 12.5 Å². The van der Waals surface area contributed by atoms with E-state index in [4.69, 9.17) is 4.74 Å². The maximum atomic E-state index is 10.5. The first-order chi connectivity index (χ1) is 13.7. The Morgan fingerprint density at radius 3 is 2.82 bits per heavy atom. The van der Waals surface area contributed by atoms with Crippen molar-refractivity contribution in [1.82, 2.24) is 0 Å². The first-order valence-corrected chi connectivity index (χ1v) is 9.81. The molecule has 0 saturated carbocycles. The number of hydrogen-bond acceptors (Lipinski definition) is 5. The molecule has 0 spiro atoms. The van der Waals surface area contributed by atoms with E-state index in [1.54, 1.807) is 23.9 Å². The third kappa shape index (κ3) is 3.37. The molecular weight excluding hydrogens is 370 g/mol. The normalized spacial score (nSPS) is 14.8. The molecule has 0 aromatic heterocycles. The zero-order valence-corrected chi connectivity index (χ0v) is 16.1. The highest BCUT2D eigenvalue weighted by molar-refractivity contribution is 8.04. The van der Waals surface area contributed by atoms with Gasteiger partial charge in [0.25, 0.3) is 6.47 Å². The predicted molar refractivity (Wildman–Crippen MR) is 115 cm³/mol. The van der Waals surface area contributed by atoms with Crippen molar-refractivity contribution in [2.45, 2.75) is 11.8 Å². The Kier molecular flexibility index (Phi) is 5.08. The fourth-order valence-corrected chi connectivity index (χ4v) is 4.57. The van der Waals surface area contributed by atoms with Crippen LogP contribution in [0.25, 0.3) is 16.8 Å². The highest BCUT2D eigenvalue weighted by Crippen LogP contribution is 2.49. The van der Waals surface area contributed by atoms with Gasteiger partial charge in [-0.3, -0.25) is 4.79 Å². The number of phenolic OH excluding ortho intramolecular Hbond substituents is 1. The number of benzene rings is 3. The number of ether oxygens (including phenoxy) is 1. The molecule has 4 rings (SSSR count). The van der Waals surface area contributed by atoms with Gasteiger partial charge >= 0.3 is 0 Å². The average molecular weight is 389 g/mol. The number of fused-ring (bicyclic) bond motifs is 3. The zero-order chi connectivity index (χ0) is 19.5. The number of rotatable bonds is 5. The predicted octanol–water partition coefficient (Wildman–Crippen LogP) is 5.57. The summed E-state index contributed by atoms with van der Waals surface area (Å²) in [6.45, 7) is 3.33. The van der Waals surface area contributed by atoms with E-state index in [-0.39, 0.29) is 11.5 Å². The van der Waals surface area contributed by atoms with Gasteiger partial charge in [0.2, 0.25) is 0 Å². The summed E-state index contributed by atoms with van der Waals surface area (Å²) in [5.74, 6) is 0.0857. The molecule has 0 atom stereocenters. The van der Waals surface area contributed by atoms with Crippen molar-refractivity contribution in [3.05, 3.63) is 77.3 Å². The van der Waals surface area contributed by atoms with E-state index in [0.29, 0.717) is 6.47 Å². The van der Waals surface area contributed by atoms with Crippen LogP contribution >= 0.6 is 11.8 Å². The molecule has 1 aliphatic heterocycles. The molecule has 0 radical (unpaired) electrons. The van der Waals surface area contributed by atoms with Crippen LogP contribution in [-0.2, 0) is 4.79 Å². The van der Waals surface area contributed by atoms with E-state index >= 15 is 0 Å². The zero-order valence-electron chi connectivity index (χ0n) is 15.3. The van der Waals surface area contributed by atoms with Crippen molar-refractivity contribution in [3.8, 4) is 11.5 Å². The molecule has 0 amide bonds. The summed E-state index contributed by atoms with van der Waals surface area (Å²) in [6, 6.07) is 17.7. The van der Waals surface area contributed by atoms with Gasteiger partial charge in [-0.25, -0.2) is 0 Å². The van der Waals surface area contributed by atoms with E-state index < -0.39 is 0 Å². The third-order valence-electron chi connectivity index (χ3n) is 4.62. The van der Waals surface area contributed by atoms with E-state index in [2.05, 4.69) is 54.3 Å². The van der Waals surface area contributed by atoms with E-state index in [0.717, 1.165) is 17.1 Å². The molecule has 3 aromatic carbocycles. The molecule has 0 fully saturated rings. The van der Waals surface area contributed by atoms with Gasteiger partial charge in [-0.05, 0) is 47.5 Å². The van der Waals surface area contributed by atoms with Gasteiger partial charge in [0, 0.05) is 11.4 Å². The van der Waals surface area contributed by atoms with Crippen molar-refractivity contribution in [1.29, 1.82) is 0 Å². The molecule has 1 aliphatic rings. The summed E-state index contributed by atoms with van der Waals surface area (Å²) in [5, 5.41) is 13.4. The van der Waals surface area contributed by atoms with E-state index in [1.165, 1.54) is 27.4 Å². The van der Waals surface area contributed by atoms with Crippen molar-refractivity contribution in [2.24, 2.45) is 0 Å². The van der Waals surface area contributed by atoms with Crippen LogP contribution in [0.3, 0.4) is 0 Å². The van der Waals surface area contributed by atoms with Crippen LogP contribution in [0.2, 0.25) is 0 Å². The van der Waals surface area contributed by atoms with Crippen molar-refractivity contribution >= 4 is 40.8 Å². The lowest BCUT2D eigenvalue weighted by Crippen LogP contribution is -2.16. The number of nitrogens with zero attached hydrogens (tertiary/aromatic N) is 1. The standard InChI is InChI=1S/C23H19NO3S/c1-2-24-19-12-11-17-7-3-4-8-18(17)23(19)28-22(24)9-5-6-16-10-13-20(26)21(14-16)27-15-25/h3-15,26H,2H2,1H3/b6-5+,22-9-. The number of aromatic hydroxyl groups is 1. The number of thioether (sulfide) groups is 1. The number of allylic oxidation sites excluding steroid dienone is 2. The summed E-state index contributed by atoms with van der Waals surface area (Å²) in [4.78, 5) is 14.1. The minimum atomic E-state index is -0.0616. The lowest BCUT2D eigenvalue weighted by Gasteiger charge is -2.17. The van der Waals surface area contributed by atoms with Gasteiger partial charge in [0.1, 0.15) is 0 Å². The second kappa shape index (κ2) is 7.82. The Balaban J connectivity index is 1.63. The Hall–Kier alpha value is -3.18. The lowest BCUT2D eigenvalue weighted by atomic mass is 10.1. The highest BCUT2D eigenvalue weighted by Gasteiger charge is 2.25. The number of hydrogen-bond donors (Lipinski definition) is 1. The molecule has 5 heteroatoms. The summed E-state index contributed by atoms with van der Waals surface area (Å²) in [5.41, 5.74) is 2.07. The Labute approximate surface area is 167 Å². The highest BCUT2D eigenvalue weighted by atomic mass is 32.2. The van der Waals surface area contributed by atoms with Gasteiger partial charge in [-0.1, -0.05) is 60.3 Å². The second-order valence-corrected chi connectivity index (χ2v) is 7.32. The smallest absolute Gasteiger partial charge is 0.298 e. The molecule has 3 aromatic rings. The molecule has 1 N–H and O–H groups in total. The van der Waals surface area contributed by atoms with Crippen LogP contribution in [0.4, 0.5) is 5.69 Å². The number of phenols is 1. The SMILES string of the molecule is CCN1/C(=C/C=C/c2ccc(O)c(OC=O)c2)Sc2c1ccc1ccccc21. The van der Waals surface area contributed by atoms with Gasteiger partial charge in [0.05, 0.1) is 10.7 Å². The first kappa shape index (κ1) is 18.2. The number of anilines is 1. The Morgan fingerprint density at radius 1 is 1.14 bits per heavy atom. The monoisotopic (exact) mass is 389 g/mol. The fourth-order valence-electron chi connectivity index (χ4n) is 3.30. The molecule has 0 saturated heterocycles. The second-order valence-electron chi connectivity index (χ2n) is 6.29. The summed E-state index contributed by atoms with van der Waals surface area (Å²) < 4.78 is 4.78. The number of carbonyl (C=O) groups excluding carboxylic acids is 1.